The number of aliphatic hydroxyl groups excluding tert-OH is 1. The van der Waals surface area contributed by atoms with Crippen LogP contribution in [0.1, 0.15) is 32.1 Å². The van der Waals surface area contributed by atoms with Crippen LogP contribution in [-0.2, 0) is 0 Å². The van der Waals surface area contributed by atoms with Gasteiger partial charge in [-0.15, -0.1) is 0 Å². The van der Waals surface area contributed by atoms with E-state index in [1.165, 1.54) is 0 Å². The van der Waals surface area contributed by atoms with Crippen LogP contribution in [0.25, 0.3) is 0 Å². The molecular weight excluding hydrogens is 181 g/mol. The van der Waals surface area contributed by atoms with Gasteiger partial charge in [0.05, 0.1) is 11.5 Å². The Morgan fingerprint density at radius 2 is 1.85 bits per heavy atom. The average Bonchev–Trinajstić information content (AvgIpc) is 2.69. The molecule has 2 aliphatic carbocycles. The smallest absolute Gasteiger partial charge is 0.393 e. The predicted octanol–water partition coefficient (Wildman–Crippen LogP) is 2.49. The Balaban J connectivity index is 2.10. The normalized spacial score (nSPS) is 45.2. The lowest BCUT2D eigenvalue weighted by atomic mass is 9.97. The molecule has 13 heavy (non-hydrogen) atoms. The summed E-state index contributed by atoms with van der Waals surface area (Å²) in [6.07, 6.45) is -2.74. The lowest BCUT2D eigenvalue weighted by Gasteiger charge is -2.19. The van der Waals surface area contributed by atoms with Gasteiger partial charge in [-0.1, -0.05) is 0 Å². The van der Waals surface area contributed by atoms with Crippen LogP contribution in [0.15, 0.2) is 0 Å². The van der Waals surface area contributed by atoms with E-state index in [9.17, 15) is 18.3 Å². The Morgan fingerprint density at radius 1 is 1.15 bits per heavy atom. The molecule has 0 aromatic rings. The Morgan fingerprint density at radius 3 is 2.46 bits per heavy atom. The van der Waals surface area contributed by atoms with E-state index in [0.29, 0.717) is 25.7 Å². The molecule has 2 saturated carbocycles. The molecule has 0 aromatic heterocycles. The molecular formula is C9H13F3O. The first-order chi connectivity index (χ1) is 5.96. The van der Waals surface area contributed by atoms with Crippen LogP contribution in [0.3, 0.4) is 0 Å². The van der Waals surface area contributed by atoms with Gasteiger partial charge >= 0.3 is 6.18 Å². The largest absolute Gasteiger partial charge is 0.394 e. The molecule has 3 atom stereocenters. The third-order valence-electron chi connectivity index (χ3n) is 3.57. The molecule has 0 spiro atoms. The van der Waals surface area contributed by atoms with Crippen molar-refractivity contribution in [2.75, 3.05) is 0 Å². The van der Waals surface area contributed by atoms with Crippen LogP contribution in [0.5, 0.6) is 0 Å². The SMILES string of the molecule is OC1CCC2CC2(C(F)(F)F)CC1. The number of fused-ring (bicyclic) bond motifs is 1. The zero-order chi connectivity index (χ0) is 9.69. The van der Waals surface area contributed by atoms with Crippen molar-refractivity contribution >= 4 is 0 Å². The fourth-order valence-electron chi connectivity index (χ4n) is 2.52. The molecule has 0 saturated heterocycles. The minimum Gasteiger partial charge on any atom is -0.393 e. The summed E-state index contributed by atoms with van der Waals surface area (Å²) in [5, 5.41) is 9.24. The number of hydrogen-bond donors (Lipinski definition) is 1. The molecule has 2 fully saturated rings. The second-order valence-corrected chi connectivity index (χ2v) is 4.32. The first-order valence-corrected chi connectivity index (χ1v) is 4.70. The summed E-state index contributed by atoms with van der Waals surface area (Å²) in [5.74, 6) is -0.204. The first-order valence-electron chi connectivity index (χ1n) is 4.70. The highest BCUT2D eigenvalue weighted by Crippen LogP contribution is 2.67. The van der Waals surface area contributed by atoms with Gasteiger partial charge in [0.2, 0.25) is 0 Å². The third kappa shape index (κ3) is 1.35. The first kappa shape index (κ1) is 9.31. The number of rotatable bonds is 0. The van der Waals surface area contributed by atoms with Crippen LogP contribution in [0, 0.1) is 11.3 Å². The van der Waals surface area contributed by atoms with E-state index in [4.69, 9.17) is 0 Å². The van der Waals surface area contributed by atoms with E-state index < -0.39 is 17.7 Å². The molecule has 0 bridgehead atoms. The standard InChI is InChI=1S/C9H13F3O/c10-9(11,12)8-4-3-7(13)2-1-6(8)5-8/h6-7,13H,1-5H2. The highest BCUT2D eigenvalue weighted by atomic mass is 19.4. The highest BCUT2D eigenvalue weighted by molar-refractivity contribution is 5.08. The third-order valence-corrected chi connectivity index (χ3v) is 3.57. The summed E-state index contributed by atoms with van der Waals surface area (Å²) >= 11 is 0. The molecule has 0 heterocycles. The van der Waals surface area contributed by atoms with E-state index in [1.54, 1.807) is 0 Å². The molecule has 2 aliphatic rings. The molecule has 0 radical (unpaired) electrons. The van der Waals surface area contributed by atoms with Gasteiger partial charge in [0.15, 0.2) is 0 Å². The Bertz CT molecular complexity index is 213. The van der Waals surface area contributed by atoms with E-state index >= 15 is 0 Å². The van der Waals surface area contributed by atoms with Gasteiger partial charge in [-0.25, -0.2) is 0 Å². The predicted molar refractivity (Wildman–Crippen MR) is 41.1 cm³/mol. The maximum absolute atomic E-state index is 12.6. The highest BCUT2D eigenvalue weighted by Gasteiger charge is 2.69. The fraction of sp³-hybridized carbons (Fsp3) is 1.00. The maximum atomic E-state index is 12.6. The second-order valence-electron chi connectivity index (χ2n) is 4.32. The molecule has 0 amide bonds. The van der Waals surface area contributed by atoms with Crippen molar-refractivity contribution in [1.29, 1.82) is 0 Å². The summed E-state index contributed by atoms with van der Waals surface area (Å²) in [6, 6.07) is 0. The lowest BCUT2D eigenvalue weighted by Crippen LogP contribution is -2.26. The maximum Gasteiger partial charge on any atom is 0.394 e. The van der Waals surface area contributed by atoms with Crippen LogP contribution in [0.2, 0.25) is 0 Å². The lowest BCUT2D eigenvalue weighted by molar-refractivity contribution is -0.194. The summed E-state index contributed by atoms with van der Waals surface area (Å²) in [5.41, 5.74) is -1.41. The molecule has 4 heteroatoms. The molecule has 0 aromatic carbocycles. The van der Waals surface area contributed by atoms with Crippen LogP contribution in [-0.4, -0.2) is 17.4 Å². The van der Waals surface area contributed by atoms with E-state index in [0.717, 1.165) is 0 Å². The summed E-state index contributed by atoms with van der Waals surface area (Å²) in [4.78, 5) is 0. The van der Waals surface area contributed by atoms with Crippen molar-refractivity contribution < 1.29 is 18.3 Å². The zero-order valence-corrected chi connectivity index (χ0v) is 7.27. The van der Waals surface area contributed by atoms with Crippen LogP contribution >= 0.6 is 0 Å². The van der Waals surface area contributed by atoms with Crippen molar-refractivity contribution in [3.63, 3.8) is 0 Å². The van der Waals surface area contributed by atoms with Crippen LogP contribution in [0.4, 0.5) is 13.2 Å². The molecule has 2 rings (SSSR count). The van der Waals surface area contributed by atoms with Crippen molar-refractivity contribution in [2.45, 2.75) is 44.4 Å². The number of alkyl halides is 3. The van der Waals surface area contributed by atoms with Gasteiger partial charge in [0.25, 0.3) is 0 Å². The molecule has 3 unspecified atom stereocenters. The quantitative estimate of drug-likeness (QED) is 0.628. The van der Waals surface area contributed by atoms with Crippen molar-refractivity contribution in [2.24, 2.45) is 11.3 Å². The van der Waals surface area contributed by atoms with Gasteiger partial charge in [0.1, 0.15) is 0 Å². The Labute approximate surface area is 74.9 Å². The fourth-order valence-corrected chi connectivity index (χ4v) is 2.52. The topological polar surface area (TPSA) is 20.2 Å². The average molecular weight is 194 g/mol. The monoisotopic (exact) mass is 194 g/mol. The van der Waals surface area contributed by atoms with Gasteiger partial charge in [-0.2, -0.15) is 13.2 Å². The van der Waals surface area contributed by atoms with Crippen molar-refractivity contribution in [3.8, 4) is 0 Å². The van der Waals surface area contributed by atoms with E-state index in [2.05, 4.69) is 0 Å². The molecule has 76 valence electrons. The van der Waals surface area contributed by atoms with Gasteiger partial charge in [0, 0.05) is 0 Å². The van der Waals surface area contributed by atoms with Gasteiger partial charge in [-0.05, 0) is 38.0 Å². The number of halogens is 3. The van der Waals surface area contributed by atoms with E-state index in [-0.39, 0.29) is 12.3 Å². The number of aliphatic hydroxyl groups is 1. The second kappa shape index (κ2) is 2.62. The zero-order valence-electron chi connectivity index (χ0n) is 7.27. The summed E-state index contributed by atoms with van der Waals surface area (Å²) in [6.45, 7) is 0. The molecule has 1 nitrogen and oxygen atoms in total. The summed E-state index contributed by atoms with van der Waals surface area (Å²) in [7, 11) is 0. The van der Waals surface area contributed by atoms with Crippen molar-refractivity contribution in [3.05, 3.63) is 0 Å². The molecule has 0 aliphatic heterocycles. The minimum atomic E-state index is -4.05. The minimum absolute atomic E-state index is 0.127. The van der Waals surface area contributed by atoms with Gasteiger partial charge < -0.3 is 5.11 Å². The van der Waals surface area contributed by atoms with Crippen molar-refractivity contribution in [1.82, 2.24) is 0 Å². The molecule has 1 N–H and O–H groups in total. The van der Waals surface area contributed by atoms with E-state index in [1.807, 2.05) is 0 Å². The van der Waals surface area contributed by atoms with Gasteiger partial charge in [-0.3, -0.25) is 0 Å². The summed E-state index contributed by atoms with van der Waals surface area (Å²) < 4.78 is 37.8. The number of hydrogen-bond acceptors (Lipinski definition) is 1. The van der Waals surface area contributed by atoms with Crippen LogP contribution < -0.4 is 0 Å². The Kier molecular flexibility index (Phi) is 1.88. The Hall–Kier alpha value is -0.250.